The molecule has 0 bridgehead atoms. The number of rotatable bonds is 8. The molecule has 0 saturated carbocycles. The summed E-state index contributed by atoms with van der Waals surface area (Å²) in [6.45, 7) is 7.53. The third-order valence-electron chi connectivity index (χ3n) is 5.05. The van der Waals surface area contributed by atoms with Crippen molar-refractivity contribution in [2.45, 2.75) is 58.2 Å². The van der Waals surface area contributed by atoms with Crippen LogP contribution in [0.3, 0.4) is 0 Å². The summed E-state index contributed by atoms with van der Waals surface area (Å²) in [7, 11) is 0. The smallest absolute Gasteiger partial charge is 0.245 e. The quantitative estimate of drug-likeness (QED) is 0.704. The molecule has 1 aromatic rings. The summed E-state index contributed by atoms with van der Waals surface area (Å²) in [5, 5.41) is 2.96. The number of hydrogen-bond donors (Lipinski definition) is 1. The summed E-state index contributed by atoms with van der Waals surface area (Å²) in [6.07, 6.45) is 1.83. The number of fused-ring (bicyclic) bond motifs is 1. The molecule has 0 aromatic heterocycles. The van der Waals surface area contributed by atoms with Gasteiger partial charge < -0.3 is 24.4 Å². The zero-order valence-corrected chi connectivity index (χ0v) is 16.2. The van der Waals surface area contributed by atoms with Crippen molar-refractivity contribution < 1.29 is 23.8 Å². The van der Waals surface area contributed by atoms with Gasteiger partial charge in [-0.1, -0.05) is 6.07 Å². The predicted octanol–water partition coefficient (Wildman–Crippen LogP) is 2.23. The van der Waals surface area contributed by atoms with Crippen LogP contribution in [-0.4, -0.2) is 48.3 Å². The number of likely N-dealkylation sites (tertiary alicyclic amines) is 1. The number of carbonyl (C=O) groups is 2. The Balaban J connectivity index is 1.61. The predicted molar refractivity (Wildman–Crippen MR) is 99.5 cm³/mol. The Morgan fingerprint density at radius 3 is 2.89 bits per heavy atom. The molecule has 1 aromatic carbocycles. The number of hydrogen-bond acceptors (Lipinski definition) is 5. The van der Waals surface area contributed by atoms with E-state index in [1.54, 1.807) is 4.90 Å². The normalized spacial score (nSPS) is 21.2. The fourth-order valence-electron chi connectivity index (χ4n) is 3.40. The van der Waals surface area contributed by atoms with E-state index in [4.69, 9.17) is 14.2 Å². The van der Waals surface area contributed by atoms with E-state index in [1.807, 2.05) is 39.0 Å². The van der Waals surface area contributed by atoms with E-state index in [2.05, 4.69) is 5.32 Å². The van der Waals surface area contributed by atoms with E-state index in [9.17, 15) is 9.59 Å². The third-order valence-corrected chi connectivity index (χ3v) is 5.05. The molecule has 0 radical (unpaired) electrons. The largest absolute Gasteiger partial charge is 0.454 e. The molecule has 7 nitrogen and oxygen atoms in total. The van der Waals surface area contributed by atoms with Crippen LogP contribution in [0.5, 0.6) is 11.5 Å². The summed E-state index contributed by atoms with van der Waals surface area (Å²) in [5.41, 5.74) is 0.0747. The fraction of sp³-hybridized carbons (Fsp3) is 0.600. The Hall–Kier alpha value is -2.28. The Bertz CT molecular complexity index is 706. The number of carbonyl (C=O) groups excluding carboxylic acids is 2. The molecule has 7 heteroatoms. The van der Waals surface area contributed by atoms with E-state index in [0.29, 0.717) is 44.0 Å². The molecule has 1 atom stereocenters. The molecule has 0 spiro atoms. The highest BCUT2D eigenvalue weighted by Crippen LogP contribution is 2.36. The molecule has 2 aliphatic heterocycles. The minimum atomic E-state index is -0.841. The molecule has 0 aliphatic carbocycles. The standard InChI is InChI=1S/C20H28N2O5/c1-14(2)25-10-4-9-21-19(24)20(3)8-7-18(23)22(20)12-15-5-6-16-17(11-15)27-13-26-16/h5-6,11,14H,4,7-10,12-13H2,1-3H3,(H,21,24). The van der Waals surface area contributed by atoms with E-state index < -0.39 is 5.54 Å². The summed E-state index contributed by atoms with van der Waals surface area (Å²) >= 11 is 0. The van der Waals surface area contributed by atoms with E-state index in [0.717, 1.165) is 12.0 Å². The first-order valence-electron chi connectivity index (χ1n) is 9.49. The first kappa shape index (κ1) is 19.5. The van der Waals surface area contributed by atoms with Crippen molar-refractivity contribution >= 4 is 11.8 Å². The molecule has 1 N–H and O–H groups in total. The van der Waals surface area contributed by atoms with Crippen molar-refractivity contribution in [2.75, 3.05) is 19.9 Å². The minimum absolute atomic E-state index is 0.00606. The van der Waals surface area contributed by atoms with Gasteiger partial charge in [0.05, 0.1) is 6.10 Å². The van der Waals surface area contributed by atoms with Crippen molar-refractivity contribution in [3.8, 4) is 11.5 Å². The fourth-order valence-corrected chi connectivity index (χ4v) is 3.40. The SMILES string of the molecule is CC(C)OCCCNC(=O)C1(C)CCC(=O)N1Cc1ccc2c(c1)OCO2. The highest BCUT2D eigenvalue weighted by Gasteiger charge is 2.47. The van der Waals surface area contributed by atoms with E-state index in [-0.39, 0.29) is 24.7 Å². The van der Waals surface area contributed by atoms with Gasteiger partial charge in [-0.25, -0.2) is 0 Å². The van der Waals surface area contributed by atoms with Crippen LogP contribution in [0.2, 0.25) is 0 Å². The van der Waals surface area contributed by atoms with Gasteiger partial charge in [0.2, 0.25) is 18.6 Å². The number of amides is 2. The van der Waals surface area contributed by atoms with Gasteiger partial charge in [0.15, 0.2) is 11.5 Å². The van der Waals surface area contributed by atoms with Crippen molar-refractivity contribution in [3.05, 3.63) is 23.8 Å². The molecule has 2 aliphatic rings. The van der Waals surface area contributed by atoms with Gasteiger partial charge >= 0.3 is 0 Å². The molecule has 148 valence electrons. The van der Waals surface area contributed by atoms with E-state index in [1.165, 1.54) is 0 Å². The van der Waals surface area contributed by atoms with Gasteiger partial charge in [-0.15, -0.1) is 0 Å². The van der Waals surface area contributed by atoms with Crippen LogP contribution in [0.15, 0.2) is 18.2 Å². The van der Waals surface area contributed by atoms with Crippen LogP contribution >= 0.6 is 0 Å². The zero-order chi connectivity index (χ0) is 19.4. The topological polar surface area (TPSA) is 77.1 Å². The maximum atomic E-state index is 12.8. The van der Waals surface area contributed by atoms with Gasteiger partial charge in [0.1, 0.15) is 5.54 Å². The van der Waals surface area contributed by atoms with Gasteiger partial charge in [-0.05, 0) is 51.3 Å². The third kappa shape index (κ3) is 4.35. The lowest BCUT2D eigenvalue weighted by molar-refractivity contribution is -0.141. The maximum Gasteiger partial charge on any atom is 0.245 e. The first-order chi connectivity index (χ1) is 12.9. The Kier molecular flexibility index (Phi) is 5.89. The lowest BCUT2D eigenvalue weighted by Gasteiger charge is -2.34. The Labute approximate surface area is 160 Å². The molecule has 1 saturated heterocycles. The minimum Gasteiger partial charge on any atom is -0.454 e. The average Bonchev–Trinajstić information content (AvgIpc) is 3.21. The number of nitrogens with one attached hydrogen (secondary N) is 1. The Morgan fingerprint density at radius 2 is 2.11 bits per heavy atom. The second-order valence-corrected chi connectivity index (χ2v) is 7.47. The molecule has 27 heavy (non-hydrogen) atoms. The summed E-state index contributed by atoms with van der Waals surface area (Å²) in [6, 6.07) is 5.61. The van der Waals surface area contributed by atoms with Crippen LogP contribution in [0.4, 0.5) is 0 Å². The zero-order valence-electron chi connectivity index (χ0n) is 16.2. The van der Waals surface area contributed by atoms with Crippen molar-refractivity contribution in [1.82, 2.24) is 10.2 Å². The summed E-state index contributed by atoms with van der Waals surface area (Å²) in [5.74, 6) is 1.26. The second-order valence-electron chi connectivity index (χ2n) is 7.47. The van der Waals surface area contributed by atoms with Gasteiger partial charge in [0.25, 0.3) is 0 Å². The molecule has 3 rings (SSSR count). The molecular formula is C20H28N2O5. The monoisotopic (exact) mass is 376 g/mol. The van der Waals surface area contributed by atoms with Gasteiger partial charge in [0, 0.05) is 26.1 Å². The molecule has 1 fully saturated rings. The molecule has 2 heterocycles. The van der Waals surface area contributed by atoms with Crippen molar-refractivity contribution in [3.63, 3.8) is 0 Å². The number of nitrogens with zero attached hydrogens (tertiary/aromatic N) is 1. The van der Waals surface area contributed by atoms with Crippen LogP contribution in [0.25, 0.3) is 0 Å². The van der Waals surface area contributed by atoms with Crippen LogP contribution in [0.1, 0.15) is 45.6 Å². The highest BCUT2D eigenvalue weighted by molar-refractivity contribution is 5.94. The first-order valence-corrected chi connectivity index (χ1v) is 9.49. The maximum absolute atomic E-state index is 12.8. The Morgan fingerprint density at radius 1 is 1.33 bits per heavy atom. The van der Waals surface area contributed by atoms with Crippen molar-refractivity contribution in [1.29, 1.82) is 0 Å². The van der Waals surface area contributed by atoms with Crippen LogP contribution in [0, 0.1) is 0 Å². The van der Waals surface area contributed by atoms with Crippen LogP contribution < -0.4 is 14.8 Å². The van der Waals surface area contributed by atoms with Gasteiger partial charge in [-0.2, -0.15) is 0 Å². The van der Waals surface area contributed by atoms with E-state index >= 15 is 0 Å². The molecule has 2 amide bonds. The summed E-state index contributed by atoms with van der Waals surface area (Å²) in [4.78, 5) is 26.9. The van der Waals surface area contributed by atoms with Gasteiger partial charge in [-0.3, -0.25) is 9.59 Å². The highest BCUT2D eigenvalue weighted by atomic mass is 16.7. The average molecular weight is 376 g/mol. The van der Waals surface area contributed by atoms with Crippen molar-refractivity contribution in [2.24, 2.45) is 0 Å². The van der Waals surface area contributed by atoms with Crippen LogP contribution in [-0.2, 0) is 20.9 Å². The summed E-state index contributed by atoms with van der Waals surface area (Å²) < 4.78 is 16.2. The molecule has 1 unspecified atom stereocenters. The lowest BCUT2D eigenvalue weighted by atomic mass is 9.97. The lowest BCUT2D eigenvalue weighted by Crippen LogP contribution is -2.54. The second kappa shape index (κ2) is 8.17. The number of benzene rings is 1. The molecular weight excluding hydrogens is 348 g/mol. The number of ether oxygens (including phenoxy) is 3.